The Bertz CT molecular complexity index is 1010. The molecule has 3 atom stereocenters. The normalized spacial score (nSPS) is 23.1. The van der Waals surface area contributed by atoms with Gasteiger partial charge in [0.2, 0.25) is 0 Å². The average molecular weight is 500 g/mol. The number of piperazine rings is 1. The molecule has 0 aliphatic carbocycles. The third kappa shape index (κ3) is 5.94. The topological polar surface area (TPSA) is 71.1 Å². The minimum atomic E-state index is -1.13. The minimum Gasteiger partial charge on any atom is -0.410 e. The van der Waals surface area contributed by atoms with Gasteiger partial charge in [-0.15, -0.1) is 0 Å². The molecule has 2 heterocycles. The van der Waals surface area contributed by atoms with Crippen LogP contribution in [-0.4, -0.2) is 64.2 Å². The van der Waals surface area contributed by atoms with Crippen molar-refractivity contribution >= 4 is 17.1 Å². The van der Waals surface area contributed by atoms with Crippen molar-refractivity contribution in [3.63, 3.8) is 0 Å². The van der Waals surface area contributed by atoms with Gasteiger partial charge in [-0.1, -0.05) is 42.5 Å². The predicted octanol–water partition coefficient (Wildman–Crippen LogP) is 4.23. The molecule has 2 aromatic rings. The van der Waals surface area contributed by atoms with Gasteiger partial charge in [0.25, 0.3) is 0 Å². The van der Waals surface area contributed by atoms with Gasteiger partial charge in [0.1, 0.15) is 5.75 Å². The summed E-state index contributed by atoms with van der Waals surface area (Å²) in [5, 5.41) is 0. The number of benzene rings is 2. The van der Waals surface area contributed by atoms with Crippen molar-refractivity contribution in [3.8, 4) is 5.75 Å². The molecule has 2 fully saturated rings. The summed E-state index contributed by atoms with van der Waals surface area (Å²) in [4.78, 5) is 16.9. The zero-order chi connectivity index (χ0) is 25.1. The van der Waals surface area contributed by atoms with E-state index in [-0.39, 0.29) is 22.4 Å². The summed E-state index contributed by atoms with van der Waals surface area (Å²) >= 11 is 0. The van der Waals surface area contributed by atoms with Gasteiger partial charge in [-0.25, -0.2) is 13.7 Å². The van der Waals surface area contributed by atoms with Crippen LogP contribution in [0.15, 0.2) is 54.6 Å². The summed E-state index contributed by atoms with van der Waals surface area (Å²) in [6.07, 6.45) is 0.619. The van der Waals surface area contributed by atoms with Crippen LogP contribution in [0.25, 0.3) is 0 Å². The molecule has 190 valence electrons. The Morgan fingerprint density at radius 3 is 2.29 bits per heavy atom. The highest BCUT2D eigenvalue weighted by Crippen LogP contribution is 2.38. The van der Waals surface area contributed by atoms with Crippen molar-refractivity contribution in [1.29, 1.82) is 0 Å². The number of nitrogens with one attached hydrogen (secondary N) is 1. The van der Waals surface area contributed by atoms with Gasteiger partial charge in [0.05, 0.1) is 27.9 Å². The van der Waals surface area contributed by atoms with Crippen LogP contribution in [0, 0.1) is 0 Å². The molecule has 1 unspecified atom stereocenters. The summed E-state index contributed by atoms with van der Waals surface area (Å²) in [6, 6.07) is 17.8. The van der Waals surface area contributed by atoms with Gasteiger partial charge >= 0.3 is 6.09 Å². The average Bonchev–Trinajstić information content (AvgIpc) is 3.35. The highest BCUT2D eigenvalue weighted by molar-refractivity contribution is 7.84. The Labute approximate surface area is 211 Å². The maximum Gasteiger partial charge on any atom is 0.415 e. The van der Waals surface area contributed by atoms with E-state index in [2.05, 4.69) is 33.9 Å². The minimum absolute atomic E-state index is 0.0148. The van der Waals surface area contributed by atoms with Crippen molar-refractivity contribution in [2.75, 3.05) is 39.4 Å². The molecule has 1 amide bonds. The molecule has 4 rings (SSSR count). The highest BCUT2D eigenvalue weighted by atomic mass is 32.2. The van der Waals surface area contributed by atoms with Gasteiger partial charge in [0.15, 0.2) is 0 Å². The number of para-hydroxylation sites is 1. The molecular formula is C27H37N3O4S. The summed E-state index contributed by atoms with van der Waals surface area (Å²) in [5.41, 5.74) is 2.14. The van der Waals surface area contributed by atoms with Crippen LogP contribution in [0.1, 0.15) is 51.3 Å². The summed E-state index contributed by atoms with van der Waals surface area (Å²) < 4.78 is 26.8. The zero-order valence-electron chi connectivity index (χ0n) is 21.2. The molecule has 2 aromatic carbocycles. The Kier molecular flexibility index (Phi) is 7.96. The second-order valence-corrected chi connectivity index (χ2v) is 12.3. The molecule has 8 heteroatoms. The third-order valence-corrected chi connectivity index (χ3v) is 8.56. The van der Waals surface area contributed by atoms with E-state index in [0.717, 1.165) is 31.7 Å². The fourth-order valence-electron chi connectivity index (χ4n) is 4.67. The van der Waals surface area contributed by atoms with Gasteiger partial charge in [-0.2, -0.15) is 0 Å². The van der Waals surface area contributed by atoms with Crippen LogP contribution in [0.3, 0.4) is 0 Å². The van der Waals surface area contributed by atoms with Crippen molar-refractivity contribution < 1.29 is 18.5 Å². The maximum absolute atomic E-state index is 12.6. The fraction of sp³-hybridized carbons (Fsp3) is 0.519. The SMILES string of the molecule is C[C@H](N[S@@](=O)C(C)(C)C)c1ccc(C2(N3CCN(C(=O)Oc4ccccc4)CC3)CCOC2)cc1. The van der Waals surface area contributed by atoms with Gasteiger partial charge in [0, 0.05) is 38.8 Å². The van der Waals surface area contributed by atoms with Crippen molar-refractivity contribution in [2.24, 2.45) is 0 Å². The molecule has 0 aromatic heterocycles. The molecule has 7 nitrogen and oxygen atoms in total. The lowest BCUT2D eigenvalue weighted by atomic mass is 9.85. The van der Waals surface area contributed by atoms with Crippen LogP contribution >= 0.6 is 0 Å². The first kappa shape index (κ1) is 25.8. The van der Waals surface area contributed by atoms with E-state index in [1.54, 1.807) is 17.0 Å². The maximum atomic E-state index is 12.6. The van der Waals surface area contributed by atoms with E-state index in [4.69, 9.17) is 9.47 Å². The number of carbonyl (C=O) groups excluding carboxylic acids is 1. The molecular weight excluding hydrogens is 462 g/mol. The van der Waals surface area contributed by atoms with Gasteiger partial charge < -0.3 is 14.4 Å². The highest BCUT2D eigenvalue weighted by Gasteiger charge is 2.43. The number of carbonyl (C=O) groups is 1. The van der Waals surface area contributed by atoms with Crippen molar-refractivity contribution in [2.45, 2.75) is 50.4 Å². The van der Waals surface area contributed by atoms with E-state index < -0.39 is 11.0 Å². The first-order valence-electron chi connectivity index (χ1n) is 12.3. The molecule has 2 aliphatic rings. The van der Waals surface area contributed by atoms with Crippen LogP contribution in [-0.2, 0) is 21.3 Å². The Hall–Kier alpha value is -2.26. The number of rotatable bonds is 6. The molecule has 2 saturated heterocycles. The molecule has 0 saturated carbocycles. The second kappa shape index (κ2) is 10.8. The lowest BCUT2D eigenvalue weighted by Gasteiger charge is -2.45. The van der Waals surface area contributed by atoms with Crippen LogP contribution in [0.5, 0.6) is 5.75 Å². The quantitative estimate of drug-likeness (QED) is 0.644. The van der Waals surface area contributed by atoms with E-state index >= 15 is 0 Å². The van der Waals surface area contributed by atoms with E-state index in [0.29, 0.717) is 25.4 Å². The standard InChI is InChI=1S/C27H37N3O4S/c1-21(28-35(32)26(2,3)4)22-10-12-23(13-11-22)27(14-19-33-20-27)30-17-15-29(16-18-30)25(31)34-24-8-6-5-7-9-24/h5-13,21,28H,14-20H2,1-4H3/t21-,27?,35-/m0/s1. The number of nitrogens with zero attached hydrogens (tertiary/aromatic N) is 2. The van der Waals surface area contributed by atoms with Crippen molar-refractivity contribution in [1.82, 2.24) is 14.5 Å². The Morgan fingerprint density at radius 1 is 1.06 bits per heavy atom. The molecule has 0 spiro atoms. The second-order valence-electron chi connectivity index (χ2n) is 10.3. The molecule has 35 heavy (non-hydrogen) atoms. The smallest absolute Gasteiger partial charge is 0.410 e. The van der Waals surface area contributed by atoms with Crippen LogP contribution in [0.2, 0.25) is 0 Å². The summed E-state index contributed by atoms with van der Waals surface area (Å²) in [6.45, 7) is 12.1. The Morgan fingerprint density at radius 2 is 1.71 bits per heavy atom. The predicted molar refractivity (Wildman–Crippen MR) is 139 cm³/mol. The van der Waals surface area contributed by atoms with Crippen molar-refractivity contribution in [3.05, 3.63) is 65.7 Å². The molecule has 2 aliphatic heterocycles. The first-order chi connectivity index (χ1) is 16.7. The third-order valence-electron chi connectivity index (χ3n) is 6.88. The number of hydrogen-bond acceptors (Lipinski definition) is 5. The van der Waals surface area contributed by atoms with Gasteiger partial charge in [-0.3, -0.25) is 4.90 Å². The fourth-order valence-corrected chi connectivity index (χ4v) is 5.48. The van der Waals surface area contributed by atoms with Gasteiger partial charge in [-0.05, 0) is 57.4 Å². The monoisotopic (exact) mass is 499 g/mol. The molecule has 0 bridgehead atoms. The van der Waals surface area contributed by atoms with E-state index in [1.165, 1.54) is 5.56 Å². The summed E-state index contributed by atoms with van der Waals surface area (Å²) in [7, 11) is -1.13. The number of hydrogen-bond donors (Lipinski definition) is 1. The van der Waals surface area contributed by atoms with E-state index in [1.807, 2.05) is 45.9 Å². The zero-order valence-corrected chi connectivity index (χ0v) is 22.0. The van der Waals surface area contributed by atoms with E-state index in [9.17, 15) is 9.00 Å². The van der Waals surface area contributed by atoms with Crippen LogP contribution < -0.4 is 9.46 Å². The number of amides is 1. The first-order valence-corrected chi connectivity index (χ1v) is 13.5. The lowest BCUT2D eigenvalue weighted by Crippen LogP contribution is -2.57. The molecule has 1 N–H and O–H groups in total. The summed E-state index contributed by atoms with van der Waals surface area (Å²) in [5.74, 6) is 0.565. The number of ether oxygens (including phenoxy) is 2. The Balaban J connectivity index is 1.41. The lowest BCUT2D eigenvalue weighted by molar-refractivity contribution is 0.0235. The molecule has 0 radical (unpaired) electrons. The van der Waals surface area contributed by atoms with Crippen LogP contribution in [0.4, 0.5) is 4.79 Å². The largest absolute Gasteiger partial charge is 0.415 e.